The van der Waals surface area contributed by atoms with E-state index in [-0.39, 0.29) is 42.1 Å². The number of hydrogen-bond donors (Lipinski definition) is 2. The lowest BCUT2D eigenvalue weighted by atomic mass is 9.80. The Hall–Kier alpha value is -4.38. The van der Waals surface area contributed by atoms with E-state index in [4.69, 9.17) is 14.6 Å². The first-order valence-corrected chi connectivity index (χ1v) is 15.0. The second-order valence-electron chi connectivity index (χ2n) is 12.0. The molecule has 1 aliphatic heterocycles. The van der Waals surface area contributed by atoms with E-state index in [1.807, 2.05) is 0 Å². The van der Waals surface area contributed by atoms with Crippen molar-refractivity contribution in [2.24, 2.45) is 11.8 Å². The summed E-state index contributed by atoms with van der Waals surface area (Å²) in [7, 11) is 1.08. The molecule has 0 spiro atoms. The van der Waals surface area contributed by atoms with Gasteiger partial charge in [0.25, 0.3) is 0 Å². The van der Waals surface area contributed by atoms with Crippen molar-refractivity contribution >= 4 is 29.5 Å². The molecule has 2 aromatic carbocycles. The molecule has 4 rings (SSSR count). The Kier molecular flexibility index (Phi) is 10.9. The number of carbonyl (C=O) groups excluding carboxylic acids is 2. The van der Waals surface area contributed by atoms with Crippen LogP contribution in [0.2, 0.25) is 0 Å². The Balaban J connectivity index is 1.68. The van der Waals surface area contributed by atoms with Crippen molar-refractivity contribution in [3.8, 4) is 0 Å². The largest absolute Gasteiger partial charge is 0.482 e. The van der Waals surface area contributed by atoms with Crippen LogP contribution in [0.4, 0.5) is 60.5 Å². The summed E-state index contributed by atoms with van der Waals surface area (Å²) in [4.78, 5) is 39.3. The van der Waals surface area contributed by atoms with Gasteiger partial charge in [-0.1, -0.05) is 0 Å². The van der Waals surface area contributed by atoms with Gasteiger partial charge in [-0.15, -0.1) is 0 Å². The van der Waals surface area contributed by atoms with Gasteiger partial charge in [0, 0.05) is 18.7 Å². The summed E-state index contributed by atoms with van der Waals surface area (Å²) < 4.78 is 131. The van der Waals surface area contributed by atoms with Crippen LogP contribution in [0.1, 0.15) is 67.4 Å². The molecule has 2 aromatic rings. The van der Waals surface area contributed by atoms with Gasteiger partial charge in [-0.2, -0.15) is 39.5 Å². The number of ether oxygens (including phenoxy) is 2. The molecular formula is C31H32F9N3O6. The molecule has 18 heteroatoms. The Labute approximate surface area is 273 Å². The van der Waals surface area contributed by atoms with Crippen molar-refractivity contribution in [1.29, 1.82) is 0 Å². The number of rotatable bonds is 9. The van der Waals surface area contributed by atoms with Gasteiger partial charge < -0.3 is 14.6 Å². The number of alkyl halides is 9. The zero-order valence-electron chi connectivity index (χ0n) is 26.0. The van der Waals surface area contributed by atoms with Gasteiger partial charge in [-0.3, -0.25) is 19.9 Å². The van der Waals surface area contributed by atoms with Crippen LogP contribution in [-0.4, -0.2) is 54.2 Å². The van der Waals surface area contributed by atoms with E-state index in [9.17, 15) is 53.9 Å². The fraction of sp³-hybridized carbons (Fsp3) is 0.516. The minimum absolute atomic E-state index is 0.0125. The molecule has 2 aliphatic rings. The number of carboxylic acids is 1. The molecule has 49 heavy (non-hydrogen) atoms. The van der Waals surface area contributed by atoms with Crippen LogP contribution in [0.15, 0.2) is 36.4 Å². The van der Waals surface area contributed by atoms with E-state index < -0.39 is 77.9 Å². The van der Waals surface area contributed by atoms with Crippen LogP contribution in [0.5, 0.6) is 0 Å². The van der Waals surface area contributed by atoms with Crippen LogP contribution in [0.3, 0.4) is 0 Å². The minimum atomic E-state index is -5.17. The van der Waals surface area contributed by atoms with Crippen LogP contribution >= 0.6 is 0 Å². The first-order chi connectivity index (χ1) is 22.7. The molecule has 1 saturated heterocycles. The predicted octanol–water partition coefficient (Wildman–Crippen LogP) is 8.59. The highest BCUT2D eigenvalue weighted by Crippen LogP contribution is 2.42. The molecule has 2 fully saturated rings. The predicted molar refractivity (Wildman–Crippen MR) is 154 cm³/mol. The number of carbonyl (C=O) groups is 3. The third kappa shape index (κ3) is 9.41. The van der Waals surface area contributed by atoms with E-state index >= 15 is 0 Å². The molecule has 1 heterocycles. The number of anilines is 2. The third-order valence-electron chi connectivity index (χ3n) is 8.59. The lowest BCUT2D eigenvalue weighted by molar-refractivity contribution is -0.143. The van der Waals surface area contributed by atoms with Crippen molar-refractivity contribution in [2.45, 2.75) is 76.4 Å². The Bertz CT molecular complexity index is 1510. The Morgan fingerprint density at radius 3 is 2.02 bits per heavy atom. The number of cyclic esters (lactones) is 1. The highest BCUT2D eigenvalue weighted by Gasteiger charge is 2.44. The lowest BCUT2D eigenvalue weighted by Crippen LogP contribution is -2.38. The topological polar surface area (TPSA) is 108 Å². The molecule has 1 saturated carbocycles. The average Bonchev–Trinajstić information content (AvgIpc) is 3.27. The zero-order chi connectivity index (χ0) is 36.5. The number of hydrogen-bond acceptors (Lipinski definition) is 6. The number of benzene rings is 2. The number of nitrogens with one attached hydrogen (secondary N) is 1. The van der Waals surface area contributed by atoms with Gasteiger partial charge in [0.05, 0.1) is 36.5 Å². The summed E-state index contributed by atoms with van der Waals surface area (Å²) >= 11 is 0. The summed E-state index contributed by atoms with van der Waals surface area (Å²) in [5.74, 6) is -1.17. The molecule has 2 N–H and O–H groups in total. The summed E-state index contributed by atoms with van der Waals surface area (Å²) in [6.07, 6.45) is -16.8. The number of amides is 2. The molecule has 2 atom stereocenters. The molecule has 1 aliphatic carbocycles. The number of aliphatic carboxylic acids is 1. The van der Waals surface area contributed by atoms with E-state index in [0.717, 1.165) is 29.0 Å². The van der Waals surface area contributed by atoms with Crippen LogP contribution in [0.25, 0.3) is 0 Å². The first kappa shape index (κ1) is 37.4. The summed E-state index contributed by atoms with van der Waals surface area (Å²) in [5.41, 5.74) is -4.38. The van der Waals surface area contributed by atoms with E-state index in [1.54, 1.807) is 0 Å². The summed E-state index contributed by atoms with van der Waals surface area (Å²) in [5, 5.41) is 10.4. The maximum absolute atomic E-state index is 13.5. The van der Waals surface area contributed by atoms with Crippen molar-refractivity contribution < 1.29 is 68.5 Å². The van der Waals surface area contributed by atoms with Crippen molar-refractivity contribution in [1.82, 2.24) is 4.90 Å². The van der Waals surface area contributed by atoms with Gasteiger partial charge in [0.1, 0.15) is 6.10 Å². The summed E-state index contributed by atoms with van der Waals surface area (Å²) in [6, 6.07) is 2.77. The third-order valence-corrected chi connectivity index (χ3v) is 8.59. The van der Waals surface area contributed by atoms with Crippen LogP contribution in [0, 0.1) is 11.8 Å². The molecule has 0 aromatic heterocycles. The van der Waals surface area contributed by atoms with E-state index in [1.165, 1.54) is 18.3 Å². The van der Waals surface area contributed by atoms with Crippen molar-refractivity contribution in [3.05, 3.63) is 58.7 Å². The normalized spacial score (nSPS) is 21.7. The molecule has 270 valence electrons. The number of halogens is 9. The molecule has 0 radical (unpaired) electrons. The molecule has 0 unspecified atom stereocenters. The highest BCUT2D eigenvalue weighted by molar-refractivity contribution is 5.89. The van der Waals surface area contributed by atoms with Gasteiger partial charge in [-0.25, -0.2) is 9.59 Å². The lowest BCUT2D eigenvalue weighted by Gasteiger charge is -2.33. The fourth-order valence-electron chi connectivity index (χ4n) is 6.21. The van der Waals surface area contributed by atoms with Gasteiger partial charge in [0.15, 0.2) is 0 Å². The zero-order valence-corrected chi connectivity index (χ0v) is 26.0. The van der Waals surface area contributed by atoms with Crippen LogP contribution < -0.4 is 10.2 Å². The van der Waals surface area contributed by atoms with Gasteiger partial charge >= 0.3 is 36.8 Å². The smallest absolute Gasteiger partial charge is 0.481 e. The minimum Gasteiger partial charge on any atom is -0.481 e. The quantitative estimate of drug-likeness (QED) is 0.198. The molecule has 0 bridgehead atoms. The molecular weight excluding hydrogens is 681 g/mol. The maximum atomic E-state index is 13.5. The maximum Gasteiger partial charge on any atom is 0.482 e. The fourth-order valence-corrected chi connectivity index (χ4v) is 6.21. The highest BCUT2D eigenvalue weighted by atomic mass is 19.4. The average molecular weight is 714 g/mol. The molecule has 2 amide bonds. The second-order valence-corrected chi connectivity index (χ2v) is 12.0. The molecule has 9 nitrogen and oxygen atoms in total. The number of methoxy groups -OCH3 is 1. The Morgan fingerprint density at radius 1 is 0.939 bits per heavy atom. The Morgan fingerprint density at radius 2 is 1.51 bits per heavy atom. The number of carboxylic acid groups (broad SMARTS) is 1. The monoisotopic (exact) mass is 713 g/mol. The van der Waals surface area contributed by atoms with E-state index in [0.29, 0.717) is 37.8 Å². The standard InChI is InChI=1S/C31H32F9N3O6/c1-16-26(19-10-21(29(32,33)34)13-22(11-19)30(35,36)37)49-28(47)42(16)15-20-12-23(41-31(38,39)40)7-8-24(20)43(27(46)48-2)14-18-5-3-17(4-6-18)9-25(44)45/h7-8,10-13,16-18,26,41H,3-6,9,14-15H2,1-2H3,(H,44,45)/t16-,17?,18?,26-/m0/s1. The number of nitrogens with zero attached hydrogens (tertiary/aromatic N) is 2. The van der Waals surface area contributed by atoms with Crippen molar-refractivity contribution in [3.63, 3.8) is 0 Å². The summed E-state index contributed by atoms with van der Waals surface area (Å²) in [6.45, 7) is 0.732. The van der Waals surface area contributed by atoms with Gasteiger partial charge in [0.2, 0.25) is 0 Å². The first-order valence-electron chi connectivity index (χ1n) is 15.0. The van der Waals surface area contributed by atoms with Crippen LogP contribution in [-0.2, 0) is 33.2 Å². The van der Waals surface area contributed by atoms with Gasteiger partial charge in [-0.05, 0) is 92.0 Å². The van der Waals surface area contributed by atoms with Crippen molar-refractivity contribution in [2.75, 3.05) is 23.9 Å². The SMILES string of the molecule is COC(=O)N(CC1CCC(CC(=O)O)CC1)c1ccc(NC(F)(F)F)cc1CN1C(=O)O[C@H](c2cc(C(F)(F)F)cc(C(F)(F)F)c2)[C@@H]1C. The second kappa shape index (κ2) is 14.2. The van der Waals surface area contributed by atoms with E-state index in [2.05, 4.69) is 0 Å².